The standard InChI is InChI=1S/C23H31NO2SSi/c1-18(23(25)26-24-17-11-10-16-21(24)27)22(19-12-6-4-7-13-19)28(2,3)20-14-8-5-9-15-20/h5,8-11,14-19,22H,4,6-7,12-13H2,1-3H3/t18-,22+/m0/s1. The molecule has 5 heteroatoms. The highest BCUT2D eigenvalue weighted by Gasteiger charge is 2.45. The molecule has 1 aliphatic rings. The minimum absolute atomic E-state index is 0.160. The summed E-state index contributed by atoms with van der Waals surface area (Å²) in [5.41, 5.74) is 0.348. The first-order chi connectivity index (χ1) is 13.4. The number of pyridine rings is 1. The Morgan fingerprint density at radius 1 is 1.07 bits per heavy atom. The SMILES string of the molecule is C[C@H](C(=O)On1ccccc1=S)[C@H](C1CCCCC1)[Si](C)(C)c1ccccc1. The fourth-order valence-electron chi connectivity index (χ4n) is 4.99. The number of benzene rings is 1. The third kappa shape index (κ3) is 4.63. The highest BCUT2D eigenvalue weighted by molar-refractivity contribution is 7.71. The van der Waals surface area contributed by atoms with E-state index in [4.69, 9.17) is 17.1 Å². The van der Waals surface area contributed by atoms with Crippen molar-refractivity contribution in [1.82, 2.24) is 4.73 Å². The van der Waals surface area contributed by atoms with Gasteiger partial charge in [0.2, 0.25) is 0 Å². The van der Waals surface area contributed by atoms with Gasteiger partial charge in [0.25, 0.3) is 0 Å². The number of nitrogens with zero attached hydrogens (tertiary/aromatic N) is 1. The van der Waals surface area contributed by atoms with Gasteiger partial charge in [-0.15, -0.1) is 0 Å². The molecule has 150 valence electrons. The van der Waals surface area contributed by atoms with Crippen LogP contribution in [0.3, 0.4) is 0 Å². The Morgan fingerprint density at radius 3 is 2.36 bits per heavy atom. The molecular weight excluding hydrogens is 382 g/mol. The Kier molecular flexibility index (Phi) is 6.89. The van der Waals surface area contributed by atoms with Crippen LogP contribution < -0.4 is 10.0 Å². The second-order valence-corrected chi connectivity index (χ2v) is 13.7. The van der Waals surface area contributed by atoms with Crippen LogP contribution in [0, 0.1) is 16.5 Å². The molecule has 0 aliphatic heterocycles. The van der Waals surface area contributed by atoms with Crippen LogP contribution in [-0.2, 0) is 4.79 Å². The van der Waals surface area contributed by atoms with E-state index in [0.717, 1.165) is 0 Å². The van der Waals surface area contributed by atoms with E-state index in [1.54, 1.807) is 12.3 Å². The molecule has 3 rings (SSSR count). The van der Waals surface area contributed by atoms with Gasteiger partial charge in [-0.25, -0.2) is 4.79 Å². The van der Waals surface area contributed by atoms with Crippen molar-refractivity contribution >= 4 is 31.4 Å². The Labute approximate surface area is 174 Å². The molecule has 28 heavy (non-hydrogen) atoms. The zero-order valence-electron chi connectivity index (χ0n) is 17.1. The van der Waals surface area contributed by atoms with E-state index in [2.05, 4.69) is 50.3 Å². The number of carbonyl (C=O) groups excluding carboxylic acids is 1. The van der Waals surface area contributed by atoms with E-state index in [1.165, 1.54) is 42.0 Å². The van der Waals surface area contributed by atoms with Crippen molar-refractivity contribution in [2.24, 2.45) is 11.8 Å². The van der Waals surface area contributed by atoms with Crippen LogP contribution in [0.2, 0.25) is 18.6 Å². The van der Waals surface area contributed by atoms with Crippen molar-refractivity contribution in [2.75, 3.05) is 0 Å². The predicted molar refractivity (Wildman–Crippen MR) is 120 cm³/mol. The van der Waals surface area contributed by atoms with Crippen molar-refractivity contribution in [3.63, 3.8) is 0 Å². The molecule has 0 unspecified atom stereocenters. The van der Waals surface area contributed by atoms with E-state index in [-0.39, 0.29) is 11.9 Å². The Morgan fingerprint density at radius 2 is 1.71 bits per heavy atom. The highest BCUT2D eigenvalue weighted by atomic mass is 32.1. The number of carbonyl (C=O) groups is 1. The second kappa shape index (κ2) is 9.18. The first kappa shape index (κ1) is 21.0. The van der Waals surface area contributed by atoms with E-state index in [9.17, 15) is 4.79 Å². The van der Waals surface area contributed by atoms with Crippen molar-refractivity contribution < 1.29 is 9.63 Å². The average molecular weight is 414 g/mol. The van der Waals surface area contributed by atoms with Gasteiger partial charge < -0.3 is 4.84 Å². The number of hydrogen-bond donors (Lipinski definition) is 0. The minimum Gasteiger partial charge on any atom is -0.335 e. The van der Waals surface area contributed by atoms with Crippen LogP contribution in [0.1, 0.15) is 39.0 Å². The molecule has 2 atom stereocenters. The lowest BCUT2D eigenvalue weighted by Gasteiger charge is -2.43. The first-order valence-electron chi connectivity index (χ1n) is 10.4. The lowest BCUT2D eigenvalue weighted by Crippen LogP contribution is -2.52. The predicted octanol–water partition coefficient (Wildman–Crippen LogP) is 5.37. The highest BCUT2D eigenvalue weighted by Crippen LogP contribution is 2.44. The quantitative estimate of drug-likeness (QED) is 0.471. The maximum absolute atomic E-state index is 13.2. The van der Waals surface area contributed by atoms with Gasteiger partial charge in [-0.2, -0.15) is 4.73 Å². The monoisotopic (exact) mass is 413 g/mol. The summed E-state index contributed by atoms with van der Waals surface area (Å²) >= 11 is 5.29. The molecule has 1 fully saturated rings. The second-order valence-electron chi connectivity index (χ2n) is 8.58. The van der Waals surface area contributed by atoms with Crippen molar-refractivity contribution in [3.05, 3.63) is 59.4 Å². The van der Waals surface area contributed by atoms with E-state index in [1.807, 2.05) is 12.1 Å². The summed E-state index contributed by atoms with van der Waals surface area (Å²) in [6, 6.07) is 16.2. The number of rotatable bonds is 6. The van der Waals surface area contributed by atoms with E-state index < -0.39 is 8.07 Å². The number of aromatic nitrogens is 1. The molecule has 1 aromatic heterocycles. The van der Waals surface area contributed by atoms with Gasteiger partial charge in [0, 0.05) is 6.20 Å². The third-order valence-electron chi connectivity index (χ3n) is 6.40. The summed E-state index contributed by atoms with van der Waals surface area (Å²) in [5, 5.41) is 1.42. The smallest absolute Gasteiger partial charge is 0.335 e. The van der Waals surface area contributed by atoms with Gasteiger partial charge in [0.05, 0.1) is 14.0 Å². The molecule has 1 saturated carbocycles. The molecule has 2 aromatic rings. The zero-order valence-corrected chi connectivity index (χ0v) is 19.0. The fraction of sp³-hybridized carbons (Fsp3) is 0.478. The van der Waals surface area contributed by atoms with Gasteiger partial charge in [-0.1, -0.05) is 106 Å². The van der Waals surface area contributed by atoms with E-state index in [0.29, 0.717) is 16.1 Å². The third-order valence-corrected chi connectivity index (χ3v) is 11.2. The van der Waals surface area contributed by atoms with Crippen LogP contribution in [0.25, 0.3) is 0 Å². The minimum atomic E-state index is -1.89. The number of hydrogen-bond acceptors (Lipinski definition) is 3. The van der Waals surface area contributed by atoms with Gasteiger partial charge in [-0.05, 0) is 23.6 Å². The van der Waals surface area contributed by atoms with Gasteiger partial charge in [0.1, 0.15) is 4.64 Å². The lowest BCUT2D eigenvalue weighted by atomic mass is 9.82. The van der Waals surface area contributed by atoms with Crippen molar-refractivity contribution in [2.45, 2.75) is 57.7 Å². The molecule has 1 aromatic carbocycles. The van der Waals surface area contributed by atoms with Gasteiger partial charge >= 0.3 is 5.97 Å². The molecule has 0 spiro atoms. The Balaban J connectivity index is 1.90. The van der Waals surface area contributed by atoms with E-state index >= 15 is 0 Å². The maximum atomic E-state index is 13.2. The summed E-state index contributed by atoms with van der Waals surface area (Å²) in [4.78, 5) is 18.9. The Hall–Kier alpha value is -1.72. The maximum Gasteiger partial charge on any atom is 0.335 e. The van der Waals surface area contributed by atoms with Crippen LogP contribution in [-0.4, -0.2) is 18.8 Å². The molecule has 1 heterocycles. The molecule has 1 aliphatic carbocycles. The first-order valence-corrected chi connectivity index (χ1v) is 13.8. The fourth-order valence-corrected chi connectivity index (χ4v) is 9.50. The molecular formula is C23H31NO2SSi. The summed E-state index contributed by atoms with van der Waals surface area (Å²) in [5.74, 6) is 0.253. The zero-order chi connectivity index (χ0) is 20.1. The summed E-state index contributed by atoms with van der Waals surface area (Å²) in [7, 11) is -1.89. The van der Waals surface area contributed by atoms with Gasteiger partial charge in [0.15, 0.2) is 0 Å². The molecule has 0 N–H and O–H groups in total. The normalized spacial score (nSPS) is 17.7. The summed E-state index contributed by atoms with van der Waals surface area (Å²) in [6.07, 6.45) is 8.00. The largest absolute Gasteiger partial charge is 0.335 e. The Bertz CT molecular complexity index is 843. The molecule has 0 radical (unpaired) electrons. The molecule has 0 bridgehead atoms. The van der Waals surface area contributed by atoms with Crippen molar-refractivity contribution in [1.29, 1.82) is 0 Å². The molecule has 3 nitrogen and oxygen atoms in total. The molecule has 0 amide bonds. The van der Waals surface area contributed by atoms with Crippen LogP contribution in [0.4, 0.5) is 0 Å². The van der Waals surface area contributed by atoms with Crippen LogP contribution in [0.5, 0.6) is 0 Å². The summed E-state index contributed by atoms with van der Waals surface area (Å²) < 4.78 is 1.93. The molecule has 0 saturated heterocycles. The lowest BCUT2D eigenvalue weighted by molar-refractivity contribution is -0.149. The topological polar surface area (TPSA) is 31.2 Å². The van der Waals surface area contributed by atoms with Gasteiger partial charge in [-0.3, -0.25) is 0 Å². The summed E-state index contributed by atoms with van der Waals surface area (Å²) in [6.45, 7) is 6.89. The van der Waals surface area contributed by atoms with Crippen LogP contribution in [0.15, 0.2) is 54.7 Å². The van der Waals surface area contributed by atoms with Crippen molar-refractivity contribution in [3.8, 4) is 0 Å². The van der Waals surface area contributed by atoms with Crippen LogP contribution >= 0.6 is 12.2 Å². The average Bonchev–Trinajstić information content (AvgIpc) is 2.71.